The monoisotopic (exact) mass is 220 g/mol. The number of rotatable bonds is 2. The largest absolute Gasteiger partial charge is 0.391 e. The molecule has 0 aromatic rings. The van der Waals surface area contributed by atoms with Gasteiger partial charge in [-0.2, -0.15) is 0 Å². The molecule has 0 saturated heterocycles. The molecule has 0 aliphatic heterocycles. The minimum absolute atomic E-state index is 0.398. The Hall–Kier alpha value is -0.0400. The first-order chi connectivity index (χ1) is 4.95. The van der Waals surface area contributed by atoms with Crippen LogP contribution in [0.15, 0.2) is 0 Å². The van der Waals surface area contributed by atoms with Crippen molar-refractivity contribution in [3.05, 3.63) is 0 Å². The smallest absolute Gasteiger partial charge is 0.119 e. The fraction of sp³-hybridized carbons (Fsp3) is 0.750. The van der Waals surface area contributed by atoms with Crippen molar-refractivity contribution in [2.24, 2.45) is 0 Å². The predicted octanol–water partition coefficient (Wildman–Crippen LogP) is 0.907. The standard InChI is InChI=1S/C8H13BrO2/c1-8(2,11)5-3-4-7(10)6-9/h7,10-11H,4,6H2,1-2H3. The minimum Gasteiger partial charge on any atom is -0.391 e. The molecular weight excluding hydrogens is 208 g/mol. The highest BCUT2D eigenvalue weighted by Crippen LogP contribution is 1.99. The van der Waals surface area contributed by atoms with Gasteiger partial charge in [0, 0.05) is 11.8 Å². The summed E-state index contributed by atoms with van der Waals surface area (Å²) in [6.45, 7) is 3.22. The Labute approximate surface area is 75.7 Å². The van der Waals surface area contributed by atoms with Crippen LogP contribution in [0.4, 0.5) is 0 Å². The Morgan fingerprint density at radius 3 is 2.45 bits per heavy atom. The van der Waals surface area contributed by atoms with Gasteiger partial charge in [-0.05, 0) is 13.8 Å². The van der Waals surface area contributed by atoms with Crippen LogP contribution in [-0.2, 0) is 0 Å². The zero-order chi connectivity index (χ0) is 8.91. The van der Waals surface area contributed by atoms with Crippen molar-refractivity contribution in [2.45, 2.75) is 32.0 Å². The molecule has 0 rings (SSSR count). The second kappa shape index (κ2) is 4.76. The number of aliphatic hydroxyl groups excluding tert-OH is 1. The molecule has 2 nitrogen and oxygen atoms in total. The van der Waals surface area contributed by atoms with Gasteiger partial charge in [-0.3, -0.25) is 0 Å². The lowest BCUT2D eigenvalue weighted by Crippen LogP contribution is -2.15. The van der Waals surface area contributed by atoms with Gasteiger partial charge in [0.25, 0.3) is 0 Å². The molecule has 0 bridgehead atoms. The van der Waals surface area contributed by atoms with Crippen LogP contribution in [-0.4, -0.2) is 27.2 Å². The van der Waals surface area contributed by atoms with E-state index >= 15 is 0 Å². The van der Waals surface area contributed by atoms with Crippen LogP contribution in [0, 0.1) is 11.8 Å². The first-order valence-corrected chi connectivity index (χ1v) is 4.54. The Kier molecular flexibility index (Phi) is 4.74. The normalized spacial score (nSPS) is 13.5. The molecule has 1 atom stereocenters. The molecule has 0 aromatic carbocycles. The second-order valence-electron chi connectivity index (χ2n) is 2.87. The summed E-state index contributed by atoms with van der Waals surface area (Å²) in [4.78, 5) is 0. The van der Waals surface area contributed by atoms with Crippen LogP contribution >= 0.6 is 15.9 Å². The molecule has 0 aliphatic rings. The molecular formula is C8H13BrO2. The van der Waals surface area contributed by atoms with Gasteiger partial charge < -0.3 is 10.2 Å². The zero-order valence-electron chi connectivity index (χ0n) is 6.76. The van der Waals surface area contributed by atoms with Crippen molar-refractivity contribution in [3.63, 3.8) is 0 Å². The predicted molar refractivity (Wildman–Crippen MR) is 48.5 cm³/mol. The molecule has 2 N–H and O–H groups in total. The van der Waals surface area contributed by atoms with Crippen LogP contribution in [0.3, 0.4) is 0 Å². The fourth-order valence-corrected chi connectivity index (χ4v) is 0.669. The van der Waals surface area contributed by atoms with Gasteiger partial charge in [-0.25, -0.2) is 0 Å². The number of alkyl halides is 1. The molecule has 0 radical (unpaired) electrons. The fourth-order valence-electron chi connectivity index (χ4n) is 0.440. The van der Waals surface area contributed by atoms with Gasteiger partial charge in [-0.1, -0.05) is 27.8 Å². The Morgan fingerprint density at radius 1 is 1.55 bits per heavy atom. The van der Waals surface area contributed by atoms with Crippen molar-refractivity contribution in [3.8, 4) is 11.8 Å². The quantitative estimate of drug-likeness (QED) is 0.537. The van der Waals surface area contributed by atoms with Crippen LogP contribution in [0.5, 0.6) is 0 Å². The minimum atomic E-state index is -0.952. The third-order valence-corrected chi connectivity index (χ3v) is 1.66. The summed E-state index contributed by atoms with van der Waals surface area (Å²) >= 11 is 3.12. The van der Waals surface area contributed by atoms with Gasteiger partial charge in [0.15, 0.2) is 0 Å². The lowest BCUT2D eigenvalue weighted by Gasteiger charge is -2.06. The van der Waals surface area contributed by atoms with E-state index in [9.17, 15) is 0 Å². The third-order valence-electron chi connectivity index (χ3n) is 0.910. The average molecular weight is 221 g/mol. The van der Waals surface area contributed by atoms with Gasteiger partial charge >= 0.3 is 0 Å². The van der Waals surface area contributed by atoms with Crippen molar-refractivity contribution in [2.75, 3.05) is 5.33 Å². The molecule has 0 heterocycles. The van der Waals surface area contributed by atoms with Gasteiger partial charge in [0.2, 0.25) is 0 Å². The molecule has 64 valence electrons. The van der Waals surface area contributed by atoms with Gasteiger partial charge in [0.05, 0.1) is 6.10 Å². The highest BCUT2D eigenvalue weighted by molar-refractivity contribution is 9.09. The van der Waals surface area contributed by atoms with Crippen molar-refractivity contribution >= 4 is 15.9 Å². The van der Waals surface area contributed by atoms with Crippen LogP contribution in [0.25, 0.3) is 0 Å². The lowest BCUT2D eigenvalue weighted by atomic mass is 10.1. The maximum atomic E-state index is 9.14. The van der Waals surface area contributed by atoms with E-state index < -0.39 is 11.7 Å². The number of aliphatic hydroxyl groups is 2. The van der Waals surface area contributed by atoms with Crippen LogP contribution < -0.4 is 0 Å². The maximum absolute atomic E-state index is 9.14. The molecule has 3 heteroatoms. The van der Waals surface area contributed by atoms with Gasteiger partial charge in [-0.15, -0.1) is 0 Å². The second-order valence-corrected chi connectivity index (χ2v) is 3.52. The summed E-state index contributed by atoms with van der Waals surface area (Å²) in [5.74, 6) is 5.31. The maximum Gasteiger partial charge on any atom is 0.119 e. The first kappa shape index (κ1) is 11.0. The van der Waals surface area contributed by atoms with Gasteiger partial charge in [0.1, 0.15) is 5.60 Å². The van der Waals surface area contributed by atoms with E-state index in [4.69, 9.17) is 10.2 Å². The number of hydrogen-bond acceptors (Lipinski definition) is 2. The van der Waals surface area contributed by atoms with E-state index in [1.165, 1.54) is 0 Å². The highest BCUT2D eigenvalue weighted by Gasteiger charge is 2.05. The number of halogens is 1. The molecule has 0 saturated carbocycles. The summed E-state index contributed by atoms with van der Waals surface area (Å²) in [5.41, 5.74) is -0.952. The van der Waals surface area contributed by atoms with E-state index in [1.807, 2.05) is 0 Å². The van der Waals surface area contributed by atoms with Crippen molar-refractivity contribution < 1.29 is 10.2 Å². The SMILES string of the molecule is CC(C)(O)C#CCC(O)CBr. The average Bonchev–Trinajstić information content (AvgIpc) is 1.85. The lowest BCUT2D eigenvalue weighted by molar-refractivity contribution is 0.143. The first-order valence-electron chi connectivity index (χ1n) is 3.42. The molecule has 0 aromatic heterocycles. The van der Waals surface area contributed by atoms with Crippen LogP contribution in [0.1, 0.15) is 20.3 Å². The van der Waals surface area contributed by atoms with E-state index in [-0.39, 0.29) is 0 Å². The number of hydrogen-bond donors (Lipinski definition) is 2. The third kappa shape index (κ3) is 7.86. The summed E-state index contributed by atoms with van der Waals surface area (Å²) in [6.07, 6.45) is -0.0419. The Bertz CT molecular complexity index is 161. The summed E-state index contributed by atoms with van der Waals surface area (Å²) < 4.78 is 0. The molecule has 0 spiro atoms. The van der Waals surface area contributed by atoms with E-state index in [0.717, 1.165) is 0 Å². The molecule has 0 amide bonds. The van der Waals surface area contributed by atoms with E-state index in [0.29, 0.717) is 11.8 Å². The summed E-state index contributed by atoms with van der Waals surface area (Å²) in [5, 5.41) is 18.7. The van der Waals surface area contributed by atoms with E-state index in [2.05, 4.69) is 27.8 Å². The Balaban J connectivity index is 3.73. The van der Waals surface area contributed by atoms with E-state index in [1.54, 1.807) is 13.8 Å². The zero-order valence-corrected chi connectivity index (χ0v) is 8.35. The highest BCUT2D eigenvalue weighted by atomic mass is 79.9. The Morgan fingerprint density at radius 2 is 2.09 bits per heavy atom. The molecule has 0 fully saturated rings. The molecule has 0 aliphatic carbocycles. The topological polar surface area (TPSA) is 40.5 Å². The molecule has 1 unspecified atom stereocenters. The summed E-state index contributed by atoms with van der Waals surface area (Å²) in [7, 11) is 0. The summed E-state index contributed by atoms with van der Waals surface area (Å²) in [6, 6.07) is 0. The van der Waals surface area contributed by atoms with Crippen molar-refractivity contribution in [1.82, 2.24) is 0 Å². The van der Waals surface area contributed by atoms with Crippen molar-refractivity contribution in [1.29, 1.82) is 0 Å². The van der Waals surface area contributed by atoms with Crippen LogP contribution in [0.2, 0.25) is 0 Å². The molecule has 11 heavy (non-hydrogen) atoms.